The van der Waals surface area contributed by atoms with Gasteiger partial charge in [-0.1, -0.05) is 0 Å². The molecular weight excluding hydrogens is 308 g/mol. The van der Waals surface area contributed by atoms with Gasteiger partial charge in [0, 0.05) is 41.2 Å². The molecule has 2 saturated heterocycles. The van der Waals surface area contributed by atoms with Gasteiger partial charge in [0.15, 0.2) is 0 Å². The predicted octanol–water partition coefficient (Wildman–Crippen LogP) is 2.42. The smallest absolute Gasteiger partial charge is 0.223 e. The van der Waals surface area contributed by atoms with Crippen LogP contribution in [0, 0.1) is 24.7 Å². The Hall–Kier alpha value is -0.910. The van der Waals surface area contributed by atoms with Crippen molar-refractivity contribution in [3.8, 4) is 0 Å². The summed E-state index contributed by atoms with van der Waals surface area (Å²) in [4.78, 5) is 17.2. The van der Waals surface area contributed by atoms with Crippen LogP contribution >= 0.6 is 11.3 Å². The Bertz CT molecular complexity index is 569. The van der Waals surface area contributed by atoms with Gasteiger partial charge in [-0.2, -0.15) is 0 Å². The molecule has 1 amide bonds. The van der Waals surface area contributed by atoms with Crippen molar-refractivity contribution in [2.24, 2.45) is 17.8 Å². The summed E-state index contributed by atoms with van der Waals surface area (Å²) in [5.41, 5.74) is 0. The van der Waals surface area contributed by atoms with Crippen molar-refractivity contribution >= 4 is 17.2 Å². The van der Waals surface area contributed by atoms with Crippen LogP contribution in [0.3, 0.4) is 0 Å². The van der Waals surface area contributed by atoms with Crippen LogP contribution in [-0.2, 0) is 16.1 Å². The van der Waals surface area contributed by atoms with Crippen LogP contribution in [0.5, 0.6) is 0 Å². The van der Waals surface area contributed by atoms with E-state index in [0.29, 0.717) is 24.3 Å². The number of ether oxygens (including phenoxy) is 1. The summed E-state index contributed by atoms with van der Waals surface area (Å²) in [6.45, 7) is 7.09. The average Bonchev–Trinajstić information content (AvgIpc) is 3.21. The number of likely N-dealkylation sites (tertiary alicyclic amines) is 1. The van der Waals surface area contributed by atoms with Crippen LogP contribution in [0.25, 0.3) is 0 Å². The van der Waals surface area contributed by atoms with Crippen molar-refractivity contribution < 1.29 is 9.53 Å². The molecule has 2 aliphatic heterocycles. The maximum absolute atomic E-state index is 11.8. The summed E-state index contributed by atoms with van der Waals surface area (Å²) in [6.07, 6.45) is 3.56. The van der Waals surface area contributed by atoms with Crippen molar-refractivity contribution in [2.45, 2.75) is 38.8 Å². The van der Waals surface area contributed by atoms with E-state index >= 15 is 0 Å². The number of rotatable bonds is 5. The summed E-state index contributed by atoms with van der Waals surface area (Å²) in [5, 5.41) is 3.10. The number of carbonyl (C=O) groups is 1. The van der Waals surface area contributed by atoms with Crippen LogP contribution in [0.2, 0.25) is 0 Å². The molecule has 5 heteroatoms. The molecule has 0 radical (unpaired) electrons. The highest BCUT2D eigenvalue weighted by Gasteiger charge is 2.41. The van der Waals surface area contributed by atoms with Crippen LogP contribution in [0.4, 0.5) is 0 Å². The molecule has 126 valence electrons. The Balaban J connectivity index is 1.27. The fourth-order valence-electron chi connectivity index (χ4n) is 4.00. The molecular formula is C18H26N2O2S. The van der Waals surface area contributed by atoms with Crippen molar-refractivity contribution in [3.63, 3.8) is 0 Å². The number of carbonyl (C=O) groups excluding carboxylic acids is 1. The van der Waals surface area contributed by atoms with E-state index in [9.17, 15) is 4.79 Å². The standard InChI is InChI=1S/C18H26N2O2S/c1-12-2-5-15(23-12)10-20-7-6-16-14(9-20)11-22-17(16)8-19-18(21)13-3-4-13/h2,5,13-14,16-17H,3-4,6-11H2,1H3,(H,19,21)/t14-,16-,17-/m0/s1. The maximum Gasteiger partial charge on any atom is 0.223 e. The van der Waals surface area contributed by atoms with Gasteiger partial charge in [-0.25, -0.2) is 0 Å². The summed E-state index contributed by atoms with van der Waals surface area (Å²) in [5.74, 6) is 1.79. The van der Waals surface area contributed by atoms with E-state index in [-0.39, 0.29) is 12.0 Å². The number of hydrogen-bond acceptors (Lipinski definition) is 4. The van der Waals surface area contributed by atoms with Crippen molar-refractivity contribution in [1.29, 1.82) is 0 Å². The molecule has 1 aromatic heterocycles. The van der Waals surface area contributed by atoms with Gasteiger partial charge in [0.05, 0.1) is 12.7 Å². The maximum atomic E-state index is 11.8. The normalized spacial score (nSPS) is 31.1. The second kappa shape index (κ2) is 6.54. The predicted molar refractivity (Wildman–Crippen MR) is 91.4 cm³/mol. The molecule has 3 heterocycles. The minimum absolute atomic E-state index is 0.230. The van der Waals surface area contributed by atoms with Crippen molar-refractivity contribution in [1.82, 2.24) is 10.2 Å². The van der Waals surface area contributed by atoms with Crippen LogP contribution < -0.4 is 5.32 Å². The first-order valence-electron chi connectivity index (χ1n) is 8.86. The van der Waals surface area contributed by atoms with E-state index in [1.807, 2.05) is 11.3 Å². The molecule has 0 aromatic carbocycles. The van der Waals surface area contributed by atoms with Gasteiger partial charge in [0.25, 0.3) is 0 Å². The van der Waals surface area contributed by atoms with Gasteiger partial charge >= 0.3 is 0 Å². The van der Waals surface area contributed by atoms with E-state index in [4.69, 9.17) is 4.74 Å². The highest BCUT2D eigenvalue weighted by Crippen LogP contribution is 2.35. The summed E-state index contributed by atoms with van der Waals surface area (Å²) < 4.78 is 6.01. The topological polar surface area (TPSA) is 41.6 Å². The zero-order chi connectivity index (χ0) is 15.8. The Morgan fingerprint density at radius 3 is 3.00 bits per heavy atom. The number of nitrogens with zero attached hydrogens (tertiary/aromatic N) is 1. The lowest BCUT2D eigenvalue weighted by Gasteiger charge is -2.35. The minimum atomic E-state index is 0.230. The zero-order valence-electron chi connectivity index (χ0n) is 13.8. The molecule has 3 aliphatic rings. The number of amides is 1. The molecule has 4 nitrogen and oxygen atoms in total. The van der Waals surface area contributed by atoms with Crippen molar-refractivity contribution in [3.05, 3.63) is 21.9 Å². The molecule has 3 atom stereocenters. The Labute approximate surface area is 142 Å². The number of nitrogens with one attached hydrogen (secondary N) is 1. The third kappa shape index (κ3) is 3.62. The molecule has 0 spiro atoms. The van der Waals surface area contributed by atoms with Crippen LogP contribution in [-0.4, -0.2) is 43.2 Å². The lowest BCUT2D eigenvalue weighted by atomic mass is 9.84. The number of fused-ring (bicyclic) bond motifs is 1. The molecule has 23 heavy (non-hydrogen) atoms. The van der Waals surface area contributed by atoms with E-state index in [0.717, 1.165) is 39.1 Å². The monoisotopic (exact) mass is 334 g/mol. The second-order valence-corrected chi connectivity index (χ2v) is 8.72. The number of piperidine rings is 1. The second-order valence-electron chi connectivity index (χ2n) is 7.35. The van der Waals surface area contributed by atoms with Crippen LogP contribution in [0.1, 0.15) is 29.0 Å². The first kappa shape index (κ1) is 15.6. The van der Waals surface area contributed by atoms with E-state index in [2.05, 4.69) is 29.3 Å². The molecule has 1 N–H and O–H groups in total. The van der Waals surface area contributed by atoms with E-state index in [1.165, 1.54) is 16.2 Å². The SMILES string of the molecule is Cc1ccc(CN2CC[C@H]3[C@H](CO[C@H]3CNC(=O)C3CC3)C2)s1. The lowest BCUT2D eigenvalue weighted by Crippen LogP contribution is -2.43. The Kier molecular flexibility index (Phi) is 4.43. The molecule has 1 aliphatic carbocycles. The van der Waals surface area contributed by atoms with E-state index in [1.54, 1.807) is 0 Å². The molecule has 1 aromatic rings. The number of thiophene rings is 1. The minimum Gasteiger partial charge on any atom is -0.376 e. The van der Waals surface area contributed by atoms with Gasteiger partial charge in [-0.05, 0) is 50.8 Å². The first-order valence-corrected chi connectivity index (χ1v) is 9.67. The van der Waals surface area contributed by atoms with Gasteiger partial charge in [0.2, 0.25) is 5.91 Å². The molecule has 4 rings (SSSR count). The highest BCUT2D eigenvalue weighted by molar-refractivity contribution is 7.11. The number of aryl methyl sites for hydroxylation is 1. The van der Waals surface area contributed by atoms with Crippen molar-refractivity contribution in [2.75, 3.05) is 26.2 Å². The van der Waals surface area contributed by atoms with Gasteiger partial charge in [-0.15, -0.1) is 11.3 Å². The fraction of sp³-hybridized carbons (Fsp3) is 0.722. The van der Waals surface area contributed by atoms with Gasteiger partial charge in [-0.3, -0.25) is 9.69 Å². The molecule has 3 fully saturated rings. The highest BCUT2D eigenvalue weighted by atomic mass is 32.1. The third-order valence-electron chi connectivity index (χ3n) is 5.48. The average molecular weight is 334 g/mol. The third-order valence-corrected chi connectivity index (χ3v) is 6.47. The van der Waals surface area contributed by atoms with Crippen LogP contribution in [0.15, 0.2) is 12.1 Å². The molecule has 0 unspecified atom stereocenters. The van der Waals surface area contributed by atoms with Gasteiger partial charge < -0.3 is 10.1 Å². The largest absolute Gasteiger partial charge is 0.376 e. The Morgan fingerprint density at radius 1 is 1.39 bits per heavy atom. The first-order chi connectivity index (χ1) is 11.2. The summed E-state index contributed by atoms with van der Waals surface area (Å²) in [7, 11) is 0. The lowest BCUT2D eigenvalue weighted by molar-refractivity contribution is -0.122. The number of hydrogen-bond donors (Lipinski definition) is 1. The quantitative estimate of drug-likeness (QED) is 0.899. The fourth-order valence-corrected chi connectivity index (χ4v) is 4.93. The summed E-state index contributed by atoms with van der Waals surface area (Å²) >= 11 is 1.91. The van der Waals surface area contributed by atoms with Gasteiger partial charge in [0.1, 0.15) is 0 Å². The van der Waals surface area contributed by atoms with E-state index < -0.39 is 0 Å². The molecule has 0 bridgehead atoms. The Morgan fingerprint density at radius 2 is 2.26 bits per heavy atom. The zero-order valence-corrected chi connectivity index (χ0v) is 14.6. The molecule has 1 saturated carbocycles. The summed E-state index contributed by atoms with van der Waals surface area (Å²) in [6, 6.07) is 4.47.